The standard InChI is InChI=1S/C13H16N2O4/c1-14-12(17)13(18)15-7-10(16)8-2-3-11-9(6-8)4-5-19-11/h2-3,6,10,16H,4-5,7H2,1H3,(H,14,17)(H,15,18). The predicted molar refractivity (Wildman–Crippen MR) is 67.7 cm³/mol. The van der Waals surface area contributed by atoms with Crippen LogP contribution in [0.15, 0.2) is 18.2 Å². The highest BCUT2D eigenvalue weighted by Gasteiger charge is 2.17. The van der Waals surface area contributed by atoms with Gasteiger partial charge in [-0.05, 0) is 23.3 Å². The molecule has 1 aromatic rings. The van der Waals surface area contributed by atoms with Gasteiger partial charge in [0.1, 0.15) is 5.75 Å². The molecule has 19 heavy (non-hydrogen) atoms. The van der Waals surface area contributed by atoms with E-state index in [0.29, 0.717) is 12.2 Å². The highest BCUT2D eigenvalue weighted by molar-refractivity contribution is 6.35. The second-order valence-corrected chi connectivity index (χ2v) is 4.27. The number of carbonyl (C=O) groups excluding carboxylic acids is 2. The van der Waals surface area contributed by atoms with E-state index in [1.54, 1.807) is 6.07 Å². The van der Waals surface area contributed by atoms with Gasteiger partial charge in [-0.2, -0.15) is 0 Å². The first kappa shape index (κ1) is 13.4. The van der Waals surface area contributed by atoms with Gasteiger partial charge < -0.3 is 20.5 Å². The molecule has 1 aliphatic heterocycles. The number of fused-ring (bicyclic) bond motifs is 1. The fourth-order valence-corrected chi connectivity index (χ4v) is 1.91. The number of benzene rings is 1. The number of carbonyl (C=O) groups is 2. The number of amides is 2. The Bertz CT molecular complexity index is 501. The van der Waals surface area contributed by atoms with Gasteiger partial charge in [0.05, 0.1) is 12.7 Å². The van der Waals surface area contributed by atoms with Crippen LogP contribution >= 0.6 is 0 Å². The van der Waals surface area contributed by atoms with Crippen LogP contribution in [0.4, 0.5) is 0 Å². The van der Waals surface area contributed by atoms with Gasteiger partial charge in [0.25, 0.3) is 0 Å². The second-order valence-electron chi connectivity index (χ2n) is 4.27. The van der Waals surface area contributed by atoms with E-state index in [2.05, 4.69) is 10.6 Å². The minimum absolute atomic E-state index is 0.00804. The normalized spacial score (nSPS) is 14.2. The molecule has 0 aliphatic carbocycles. The van der Waals surface area contributed by atoms with Gasteiger partial charge >= 0.3 is 11.8 Å². The quantitative estimate of drug-likeness (QED) is 0.643. The Balaban J connectivity index is 1.95. The van der Waals surface area contributed by atoms with Crippen LogP contribution in [0.5, 0.6) is 5.75 Å². The van der Waals surface area contributed by atoms with Gasteiger partial charge in [0.15, 0.2) is 0 Å². The summed E-state index contributed by atoms with van der Waals surface area (Å²) in [6, 6.07) is 5.42. The number of rotatable bonds is 3. The fraction of sp³-hybridized carbons (Fsp3) is 0.385. The van der Waals surface area contributed by atoms with Crippen LogP contribution < -0.4 is 15.4 Å². The molecule has 1 aliphatic rings. The van der Waals surface area contributed by atoms with Gasteiger partial charge in [-0.15, -0.1) is 0 Å². The molecule has 0 fully saturated rings. The number of nitrogens with one attached hydrogen (secondary N) is 2. The molecule has 2 rings (SSSR count). The molecule has 102 valence electrons. The molecule has 6 nitrogen and oxygen atoms in total. The van der Waals surface area contributed by atoms with Crippen molar-refractivity contribution >= 4 is 11.8 Å². The smallest absolute Gasteiger partial charge is 0.309 e. The van der Waals surface area contributed by atoms with E-state index in [0.717, 1.165) is 17.7 Å². The van der Waals surface area contributed by atoms with Crippen LogP contribution in [0.2, 0.25) is 0 Å². The zero-order chi connectivity index (χ0) is 13.8. The first-order chi connectivity index (χ1) is 9.11. The summed E-state index contributed by atoms with van der Waals surface area (Å²) in [5.41, 5.74) is 1.75. The molecule has 0 radical (unpaired) electrons. The van der Waals surface area contributed by atoms with Gasteiger partial charge in [0, 0.05) is 20.0 Å². The zero-order valence-corrected chi connectivity index (χ0v) is 10.6. The lowest BCUT2D eigenvalue weighted by Crippen LogP contribution is -2.39. The molecule has 3 N–H and O–H groups in total. The van der Waals surface area contributed by atoms with Crippen molar-refractivity contribution in [1.82, 2.24) is 10.6 Å². The van der Waals surface area contributed by atoms with Crippen molar-refractivity contribution in [3.63, 3.8) is 0 Å². The number of aliphatic hydroxyl groups excluding tert-OH is 1. The van der Waals surface area contributed by atoms with Crippen LogP contribution in [0.1, 0.15) is 17.2 Å². The highest BCUT2D eigenvalue weighted by atomic mass is 16.5. The zero-order valence-electron chi connectivity index (χ0n) is 10.6. The third-order valence-electron chi connectivity index (χ3n) is 2.99. The van der Waals surface area contributed by atoms with Gasteiger partial charge in [-0.1, -0.05) is 6.07 Å². The summed E-state index contributed by atoms with van der Waals surface area (Å²) in [7, 11) is 1.37. The SMILES string of the molecule is CNC(=O)C(=O)NCC(O)c1ccc2c(c1)CCO2. The number of hydrogen-bond acceptors (Lipinski definition) is 4. The van der Waals surface area contributed by atoms with E-state index in [9.17, 15) is 14.7 Å². The number of likely N-dealkylation sites (N-methyl/N-ethyl adjacent to an activating group) is 1. The van der Waals surface area contributed by atoms with Crippen molar-refractivity contribution in [2.75, 3.05) is 20.2 Å². The van der Waals surface area contributed by atoms with E-state index in [1.807, 2.05) is 12.1 Å². The van der Waals surface area contributed by atoms with Crippen molar-refractivity contribution < 1.29 is 19.4 Å². The molecular weight excluding hydrogens is 248 g/mol. The molecule has 0 spiro atoms. The summed E-state index contributed by atoms with van der Waals surface area (Å²) < 4.78 is 5.37. The van der Waals surface area contributed by atoms with Crippen molar-refractivity contribution in [2.45, 2.75) is 12.5 Å². The molecule has 1 heterocycles. The lowest BCUT2D eigenvalue weighted by atomic mass is 10.0. The summed E-state index contributed by atoms with van der Waals surface area (Å²) in [4.78, 5) is 22.2. The van der Waals surface area contributed by atoms with Crippen molar-refractivity contribution in [3.8, 4) is 5.75 Å². The van der Waals surface area contributed by atoms with E-state index in [1.165, 1.54) is 7.05 Å². The van der Waals surface area contributed by atoms with Crippen molar-refractivity contribution in [2.24, 2.45) is 0 Å². The summed E-state index contributed by atoms with van der Waals surface area (Å²) >= 11 is 0. The molecule has 2 amide bonds. The predicted octanol–water partition coefficient (Wildman–Crippen LogP) is -0.483. The molecule has 0 bridgehead atoms. The minimum atomic E-state index is -0.848. The summed E-state index contributed by atoms with van der Waals surface area (Å²) in [6.07, 6.45) is -0.0277. The first-order valence-electron chi connectivity index (χ1n) is 6.05. The van der Waals surface area contributed by atoms with E-state index in [-0.39, 0.29) is 6.54 Å². The summed E-state index contributed by atoms with van der Waals surface area (Å²) in [5.74, 6) is -0.647. The average molecular weight is 264 g/mol. The number of aliphatic hydroxyl groups is 1. The number of ether oxygens (including phenoxy) is 1. The molecule has 0 aromatic heterocycles. The molecule has 1 unspecified atom stereocenters. The van der Waals surface area contributed by atoms with Crippen LogP contribution in [-0.4, -0.2) is 37.1 Å². The lowest BCUT2D eigenvalue weighted by molar-refractivity contribution is -0.139. The molecular formula is C13H16N2O4. The van der Waals surface area contributed by atoms with Crippen LogP contribution in [0, 0.1) is 0 Å². The van der Waals surface area contributed by atoms with Crippen molar-refractivity contribution in [1.29, 1.82) is 0 Å². The van der Waals surface area contributed by atoms with Crippen LogP contribution in [-0.2, 0) is 16.0 Å². The molecule has 0 saturated heterocycles. The Morgan fingerprint density at radius 3 is 2.95 bits per heavy atom. The average Bonchev–Trinajstić information content (AvgIpc) is 2.90. The lowest BCUT2D eigenvalue weighted by Gasteiger charge is -2.12. The van der Waals surface area contributed by atoms with E-state index >= 15 is 0 Å². The summed E-state index contributed by atoms with van der Waals surface area (Å²) in [6.45, 7) is 0.647. The van der Waals surface area contributed by atoms with Crippen LogP contribution in [0.25, 0.3) is 0 Å². The Morgan fingerprint density at radius 1 is 1.42 bits per heavy atom. The van der Waals surface area contributed by atoms with Gasteiger partial charge in [0.2, 0.25) is 0 Å². The second kappa shape index (κ2) is 5.71. The van der Waals surface area contributed by atoms with E-state index in [4.69, 9.17) is 4.74 Å². The maximum atomic E-state index is 11.2. The molecule has 1 aromatic carbocycles. The first-order valence-corrected chi connectivity index (χ1v) is 6.05. The minimum Gasteiger partial charge on any atom is -0.493 e. The third kappa shape index (κ3) is 3.03. The Kier molecular flexibility index (Phi) is 4.01. The largest absolute Gasteiger partial charge is 0.493 e. The van der Waals surface area contributed by atoms with Crippen molar-refractivity contribution in [3.05, 3.63) is 29.3 Å². The van der Waals surface area contributed by atoms with Crippen LogP contribution in [0.3, 0.4) is 0 Å². The highest BCUT2D eigenvalue weighted by Crippen LogP contribution is 2.27. The Labute approximate surface area is 110 Å². The monoisotopic (exact) mass is 264 g/mol. The summed E-state index contributed by atoms with van der Waals surface area (Å²) in [5, 5.41) is 14.5. The van der Waals surface area contributed by atoms with E-state index < -0.39 is 17.9 Å². The number of hydrogen-bond donors (Lipinski definition) is 3. The fourth-order valence-electron chi connectivity index (χ4n) is 1.91. The Morgan fingerprint density at radius 2 is 2.21 bits per heavy atom. The maximum Gasteiger partial charge on any atom is 0.309 e. The topological polar surface area (TPSA) is 87.7 Å². The third-order valence-corrected chi connectivity index (χ3v) is 2.99. The van der Waals surface area contributed by atoms with Gasteiger partial charge in [-0.25, -0.2) is 0 Å². The molecule has 1 atom stereocenters. The molecule has 6 heteroatoms. The molecule has 0 saturated carbocycles. The maximum absolute atomic E-state index is 11.2. The Hall–Kier alpha value is -2.08. The van der Waals surface area contributed by atoms with Gasteiger partial charge in [-0.3, -0.25) is 9.59 Å².